The smallest absolute Gasteiger partial charge is 0.416 e. The van der Waals surface area contributed by atoms with Gasteiger partial charge in [-0.2, -0.15) is 13.2 Å². The number of methoxy groups -OCH3 is 1. The average Bonchev–Trinajstić information content (AvgIpc) is 3.24. The number of rotatable bonds is 7. The van der Waals surface area contributed by atoms with E-state index >= 15 is 0 Å². The second-order valence-electron chi connectivity index (χ2n) is 11.2. The number of ether oxygens (including phenoxy) is 2. The van der Waals surface area contributed by atoms with Gasteiger partial charge in [-0.05, 0) is 97.5 Å². The predicted octanol–water partition coefficient (Wildman–Crippen LogP) is 8.75. The van der Waals surface area contributed by atoms with E-state index in [1.165, 1.54) is 4.90 Å². The van der Waals surface area contributed by atoms with Gasteiger partial charge in [-0.15, -0.1) is 0 Å². The first-order valence-electron chi connectivity index (χ1n) is 14.0. The third-order valence-corrected chi connectivity index (χ3v) is 8.02. The van der Waals surface area contributed by atoms with Gasteiger partial charge in [-0.1, -0.05) is 47.5 Å². The topological polar surface area (TPSA) is 76.1 Å². The van der Waals surface area contributed by atoms with Gasteiger partial charge in [0.15, 0.2) is 0 Å². The van der Waals surface area contributed by atoms with Crippen molar-refractivity contribution in [2.45, 2.75) is 52.6 Å². The van der Waals surface area contributed by atoms with E-state index in [2.05, 4.69) is 0 Å². The number of aromatic carboxylic acids is 1. The third kappa shape index (κ3) is 6.00. The van der Waals surface area contributed by atoms with Gasteiger partial charge >= 0.3 is 18.2 Å². The maximum atomic E-state index is 13.5. The van der Waals surface area contributed by atoms with Crippen LogP contribution >= 0.6 is 0 Å². The molecule has 0 spiro atoms. The number of nitrogens with zero attached hydrogens (tertiary/aromatic N) is 1. The number of carbonyl (C=O) groups is 2. The first-order valence-corrected chi connectivity index (χ1v) is 14.0. The summed E-state index contributed by atoms with van der Waals surface area (Å²) in [5, 5.41) is 9.38. The van der Waals surface area contributed by atoms with Crippen LogP contribution in [0, 0.1) is 20.8 Å². The maximum Gasteiger partial charge on any atom is 0.416 e. The zero-order chi connectivity index (χ0) is 31.9. The zero-order valence-electron chi connectivity index (χ0n) is 25.0. The van der Waals surface area contributed by atoms with E-state index in [9.17, 15) is 27.9 Å². The quantitative estimate of drug-likeness (QED) is 0.229. The van der Waals surface area contributed by atoms with Gasteiger partial charge in [-0.25, -0.2) is 9.59 Å². The summed E-state index contributed by atoms with van der Waals surface area (Å²) in [6, 6.07) is 19.8. The summed E-state index contributed by atoms with van der Waals surface area (Å²) in [6.07, 6.45) is -6.00. The van der Waals surface area contributed by atoms with Crippen LogP contribution in [0.15, 0.2) is 72.8 Å². The lowest BCUT2D eigenvalue weighted by molar-refractivity contribution is -0.137. The molecule has 4 aromatic carbocycles. The number of benzene rings is 4. The van der Waals surface area contributed by atoms with Crippen LogP contribution in [0.3, 0.4) is 0 Å². The largest absolute Gasteiger partial charge is 0.496 e. The van der Waals surface area contributed by atoms with Crippen LogP contribution in [0.1, 0.15) is 56.8 Å². The van der Waals surface area contributed by atoms with Crippen LogP contribution in [-0.4, -0.2) is 35.2 Å². The van der Waals surface area contributed by atoms with E-state index in [4.69, 9.17) is 9.47 Å². The van der Waals surface area contributed by atoms with E-state index in [1.54, 1.807) is 45.2 Å². The van der Waals surface area contributed by atoms with Gasteiger partial charge in [0, 0.05) is 5.56 Å². The lowest BCUT2D eigenvalue weighted by atomic mass is 9.91. The zero-order valence-corrected chi connectivity index (χ0v) is 25.0. The number of carboxylic acid groups (broad SMARTS) is 1. The number of aryl methyl sites for hydroxylation is 3. The molecule has 4 aromatic rings. The minimum atomic E-state index is -4.52. The lowest BCUT2D eigenvalue weighted by Crippen LogP contribution is -2.31. The van der Waals surface area contributed by atoms with Crippen LogP contribution in [0.25, 0.3) is 22.3 Å². The molecule has 1 fully saturated rings. The van der Waals surface area contributed by atoms with E-state index < -0.39 is 35.9 Å². The number of hydrogen-bond donors (Lipinski definition) is 1. The van der Waals surface area contributed by atoms with Crippen LogP contribution in [-0.2, 0) is 17.5 Å². The average molecular weight is 604 g/mol. The summed E-state index contributed by atoms with van der Waals surface area (Å²) in [5.41, 5.74) is 6.02. The summed E-state index contributed by atoms with van der Waals surface area (Å²) in [4.78, 5) is 26.1. The Morgan fingerprint density at radius 1 is 0.909 bits per heavy atom. The fourth-order valence-corrected chi connectivity index (χ4v) is 5.81. The van der Waals surface area contributed by atoms with Gasteiger partial charge in [0.05, 0.1) is 30.8 Å². The Balaban J connectivity index is 1.52. The van der Waals surface area contributed by atoms with Crippen LogP contribution in [0.4, 0.5) is 18.0 Å². The molecule has 0 saturated carbocycles. The van der Waals surface area contributed by atoms with Gasteiger partial charge in [-0.3, -0.25) is 4.90 Å². The predicted molar refractivity (Wildman–Crippen MR) is 161 cm³/mol. The number of carbonyl (C=O) groups excluding carboxylic acids is 1. The number of alkyl halides is 3. The molecule has 0 bridgehead atoms. The second-order valence-corrected chi connectivity index (χ2v) is 11.2. The molecule has 9 heteroatoms. The molecule has 1 N–H and O–H groups in total. The van der Waals surface area contributed by atoms with E-state index in [1.807, 2.05) is 50.2 Å². The van der Waals surface area contributed by atoms with E-state index in [0.717, 1.165) is 51.1 Å². The molecule has 44 heavy (non-hydrogen) atoms. The number of cyclic esters (lactones) is 1. The SMILES string of the molecule is COc1ccc(-c2ccc(C(=O)O)cc2C)cc1-c1ccc(C)cc1CN1C(=O)O[C@H](c2cc(C)cc(C(F)(F)F)c2)[C@@H]1C. The first kappa shape index (κ1) is 30.7. The van der Waals surface area contributed by atoms with Crippen molar-refractivity contribution < 1.29 is 37.3 Å². The van der Waals surface area contributed by atoms with Crippen molar-refractivity contribution >= 4 is 12.1 Å². The molecule has 1 amide bonds. The minimum absolute atomic E-state index is 0.158. The van der Waals surface area contributed by atoms with Crippen molar-refractivity contribution in [3.8, 4) is 28.0 Å². The molecule has 6 nitrogen and oxygen atoms in total. The standard InChI is InChI=1S/C35H32F3NO5/c1-19-6-9-29(30-17-23(8-11-31(30)43-5)28-10-7-24(33(40)41)15-21(28)3)26(12-19)18-39-22(4)32(44-34(39)42)25-13-20(2)14-27(16-25)35(36,37)38/h6-17,22,32H,18H2,1-5H3,(H,40,41)/t22-,32-/m0/s1. The molecular weight excluding hydrogens is 571 g/mol. The molecule has 5 rings (SSSR count). The Morgan fingerprint density at radius 3 is 2.30 bits per heavy atom. The van der Waals surface area contributed by atoms with Crippen LogP contribution in [0.5, 0.6) is 5.75 Å². The van der Waals surface area contributed by atoms with Crippen LogP contribution in [0.2, 0.25) is 0 Å². The van der Waals surface area contributed by atoms with Crippen molar-refractivity contribution in [1.29, 1.82) is 0 Å². The number of amides is 1. The number of carboxylic acids is 1. The summed E-state index contributed by atoms with van der Waals surface area (Å²) >= 11 is 0. The first-order chi connectivity index (χ1) is 20.8. The minimum Gasteiger partial charge on any atom is -0.496 e. The molecule has 0 radical (unpaired) electrons. The Bertz CT molecular complexity index is 1760. The van der Waals surface area contributed by atoms with Gasteiger partial charge in [0.25, 0.3) is 0 Å². The molecule has 0 aliphatic carbocycles. The highest BCUT2D eigenvalue weighted by molar-refractivity contribution is 5.89. The summed E-state index contributed by atoms with van der Waals surface area (Å²) < 4.78 is 52.0. The molecule has 0 aromatic heterocycles. The summed E-state index contributed by atoms with van der Waals surface area (Å²) in [7, 11) is 1.57. The highest BCUT2D eigenvalue weighted by Gasteiger charge is 2.41. The van der Waals surface area contributed by atoms with Crippen molar-refractivity contribution in [3.63, 3.8) is 0 Å². The third-order valence-electron chi connectivity index (χ3n) is 8.02. The van der Waals surface area contributed by atoms with Gasteiger partial charge < -0.3 is 14.6 Å². The van der Waals surface area contributed by atoms with Crippen molar-refractivity contribution in [3.05, 3.63) is 112 Å². The Morgan fingerprint density at radius 2 is 1.64 bits per heavy atom. The Labute approximate surface area is 253 Å². The molecule has 0 unspecified atom stereocenters. The molecule has 1 aliphatic rings. The summed E-state index contributed by atoms with van der Waals surface area (Å²) in [6.45, 7) is 7.30. The molecule has 1 saturated heterocycles. The van der Waals surface area contributed by atoms with E-state index in [0.29, 0.717) is 16.9 Å². The van der Waals surface area contributed by atoms with Crippen molar-refractivity contribution in [1.82, 2.24) is 4.90 Å². The summed E-state index contributed by atoms with van der Waals surface area (Å²) in [5.74, 6) is -0.396. The highest BCUT2D eigenvalue weighted by atomic mass is 19.4. The Hall–Kier alpha value is -4.79. The van der Waals surface area contributed by atoms with Crippen LogP contribution < -0.4 is 4.74 Å². The molecule has 1 aliphatic heterocycles. The molecule has 228 valence electrons. The van der Waals surface area contributed by atoms with Crippen molar-refractivity contribution in [2.75, 3.05) is 7.11 Å². The van der Waals surface area contributed by atoms with E-state index in [-0.39, 0.29) is 12.1 Å². The monoisotopic (exact) mass is 603 g/mol. The fourth-order valence-electron chi connectivity index (χ4n) is 5.81. The Kier molecular flexibility index (Phi) is 8.16. The maximum absolute atomic E-state index is 13.5. The molecule has 1 heterocycles. The van der Waals surface area contributed by atoms with Gasteiger partial charge in [0.2, 0.25) is 0 Å². The highest BCUT2D eigenvalue weighted by Crippen LogP contribution is 2.41. The lowest BCUT2D eigenvalue weighted by Gasteiger charge is -2.24. The fraction of sp³-hybridized carbons (Fsp3) is 0.257. The molecule has 2 atom stereocenters. The number of hydrogen-bond acceptors (Lipinski definition) is 4. The second kappa shape index (κ2) is 11.7. The van der Waals surface area contributed by atoms with Gasteiger partial charge in [0.1, 0.15) is 11.9 Å². The molecular formula is C35H32F3NO5. The normalized spacial score (nSPS) is 16.6. The number of halogens is 3. The van der Waals surface area contributed by atoms with Crippen molar-refractivity contribution in [2.24, 2.45) is 0 Å².